The van der Waals surface area contributed by atoms with Gasteiger partial charge in [-0.25, -0.2) is 0 Å². The van der Waals surface area contributed by atoms with Crippen molar-refractivity contribution in [3.8, 4) is 0 Å². The molecule has 0 unspecified atom stereocenters. The van der Waals surface area contributed by atoms with Crippen molar-refractivity contribution < 1.29 is 29.9 Å². The van der Waals surface area contributed by atoms with E-state index in [0.717, 1.165) is 0 Å². The standard InChI is InChI=1S/C13H18O6/c1-18-13(8-5-3-2-4-6-8)12(17)11(16)10(15)9(7-14)19-13/h2-6,9-12,14-17H,7H2,1H3/t9-,10-,11+,12-,13+/m1/s1. The normalized spacial score (nSPS) is 39.2. The summed E-state index contributed by atoms with van der Waals surface area (Å²) < 4.78 is 10.8. The number of aliphatic hydroxyl groups excluding tert-OH is 4. The molecule has 0 spiro atoms. The van der Waals surface area contributed by atoms with Gasteiger partial charge in [-0.15, -0.1) is 0 Å². The summed E-state index contributed by atoms with van der Waals surface area (Å²) in [6.07, 6.45) is -5.38. The molecule has 1 fully saturated rings. The van der Waals surface area contributed by atoms with Crippen molar-refractivity contribution in [1.29, 1.82) is 0 Å². The number of hydrogen-bond acceptors (Lipinski definition) is 6. The number of hydrogen-bond donors (Lipinski definition) is 4. The first-order valence-corrected chi connectivity index (χ1v) is 6.00. The molecule has 2 rings (SSSR count). The zero-order valence-corrected chi connectivity index (χ0v) is 10.5. The highest BCUT2D eigenvalue weighted by Gasteiger charge is 2.54. The second-order valence-electron chi connectivity index (χ2n) is 4.50. The molecule has 6 heteroatoms. The fraction of sp³-hybridized carbons (Fsp3) is 0.538. The monoisotopic (exact) mass is 270 g/mol. The van der Waals surface area contributed by atoms with Crippen LogP contribution >= 0.6 is 0 Å². The first kappa shape index (κ1) is 14.4. The molecule has 0 radical (unpaired) electrons. The van der Waals surface area contributed by atoms with Gasteiger partial charge in [0.25, 0.3) is 0 Å². The summed E-state index contributed by atoms with van der Waals surface area (Å²) >= 11 is 0. The van der Waals surface area contributed by atoms with Gasteiger partial charge in [0, 0.05) is 12.7 Å². The Hall–Kier alpha value is -1.02. The molecule has 6 nitrogen and oxygen atoms in total. The summed E-state index contributed by atoms with van der Waals surface area (Å²) in [5.74, 6) is -1.62. The molecular weight excluding hydrogens is 252 g/mol. The largest absolute Gasteiger partial charge is 0.394 e. The van der Waals surface area contributed by atoms with E-state index in [2.05, 4.69) is 0 Å². The minimum atomic E-state index is -1.62. The van der Waals surface area contributed by atoms with E-state index in [-0.39, 0.29) is 0 Å². The lowest BCUT2D eigenvalue weighted by atomic mass is 9.88. The maximum Gasteiger partial charge on any atom is 0.224 e. The van der Waals surface area contributed by atoms with Crippen molar-refractivity contribution in [2.75, 3.05) is 13.7 Å². The van der Waals surface area contributed by atoms with Gasteiger partial charge in [0.1, 0.15) is 24.4 Å². The van der Waals surface area contributed by atoms with Gasteiger partial charge in [0.05, 0.1) is 6.61 Å². The first-order chi connectivity index (χ1) is 9.06. The average Bonchev–Trinajstić information content (AvgIpc) is 2.47. The van der Waals surface area contributed by atoms with Gasteiger partial charge >= 0.3 is 0 Å². The zero-order valence-electron chi connectivity index (χ0n) is 10.5. The van der Waals surface area contributed by atoms with Gasteiger partial charge in [-0.05, 0) is 0 Å². The van der Waals surface area contributed by atoms with Crippen molar-refractivity contribution in [2.45, 2.75) is 30.2 Å². The van der Waals surface area contributed by atoms with Crippen LogP contribution in [0.4, 0.5) is 0 Å². The summed E-state index contributed by atoms with van der Waals surface area (Å²) in [7, 11) is 1.33. The lowest BCUT2D eigenvalue weighted by molar-refractivity contribution is -0.366. The summed E-state index contributed by atoms with van der Waals surface area (Å²) in [5, 5.41) is 39.0. The third-order valence-corrected chi connectivity index (χ3v) is 3.43. The Morgan fingerprint density at radius 2 is 1.79 bits per heavy atom. The molecule has 0 aliphatic carbocycles. The molecule has 1 heterocycles. The number of benzene rings is 1. The summed E-state index contributed by atoms with van der Waals surface area (Å²) in [6.45, 7) is -0.497. The van der Waals surface area contributed by atoms with E-state index in [1.807, 2.05) is 0 Å². The van der Waals surface area contributed by atoms with Crippen molar-refractivity contribution in [1.82, 2.24) is 0 Å². The SMILES string of the molecule is CO[C@@]1(c2ccccc2)O[C@H](CO)[C@@H](O)[C@H](O)[C@H]1O. The molecular formula is C13H18O6. The van der Waals surface area contributed by atoms with Crippen LogP contribution in [0.3, 0.4) is 0 Å². The molecule has 1 saturated heterocycles. The highest BCUT2D eigenvalue weighted by Crippen LogP contribution is 2.38. The van der Waals surface area contributed by atoms with Crippen molar-refractivity contribution in [3.63, 3.8) is 0 Å². The Kier molecular flexibility index (Phi) is 4.19. The molecule has 5 atom stereocenters. The lowest BCUT2D eigenvalue weighted by Crippen LogP contribution is -2.64. The van der Waals surface area contributed by atoms with Crippen LogP contribution in [0.25, 0.3) is 0 Å². The second-order valence-corrected chi connectivity index (χ2v) is 4.50. The molecule has 1 aliphatic heterocycles. The van der Waals surface area contributed by atoms with Crippen LogP contribution in [-0.2, 0) is 15.3 Å². The fourth-order valence-corrected chi connectivity index (χ4v) is 2.34. The second kappa shape index (κ2) is 5.54. The van der Waals surface area contributed by atoms with E-state index >= 15 is 0 Å². The minimum Gasteiger partial charge on any atom is -0.394 e. The molecule has 0 amide bonds. The van der Waals surface area contributed by atoms with Crippen molar-refractivity contribution in [2.24, 2.45) is 0 Å². The van der Waals surface area contributed by atoms with Crippen LogP contribution in [0.15, 0.2) is 30.3 Å². The topological polar surface area (TPSA) is 99.4 Å². The van der Waals surface area contributed by atoms with Gasteiger partial charge in [-0.1, -0.05) is 30.3 Å². The molecule has 1 aromatic rings. The quantitative estimate of drug-likeness (QED) is 0.560. The van der Waals surface area contributed by atoms with Crippen LogP contribution in [0.1, 0.15) is 5.56 Å². The van der Waals surface area contributed by atoms with Gasteiger partial charge in [0.2, 0.25) is 5.79 Å². The van der Waals surface area contributed by atoms with E-state index in [9.17, 15) is 20.4 Å². The van der Waals surface area contributed by atoms with E-state index in [1.54, 1.807) is 30.3 Å². The summed E-state index contributed by atoms with van der Waals surface area (Å²) in [4.78, 5) is 0. The maximum absolute atomic E-state index is 10.2. The van der Waals surface area contributed by atoms with Crippen LogP contribution in [0.5, 0.6) is 0 Å². The van der Waals surface area contributed by atoms with Gasteiger partial charge < -0.3 is 29.9 Å². The predicted molar refractivity (Wildman–Crippen MR) is 65.1 cm³/mol. The minimum absolute atomic E-state index is 0.495. The van der Waals surface area contributed by atoms with Gasteiger partial charge in [-0.3, -0.25) is 0 Å². The van der Waals surface area contributed by atoms with Crippen LogP contribution < -0.4 is 0 Å². The Morgan fingerprint density at radius 3 is 2.32 bits per heavy atom. The van der Waals surface area contributed by atoms with E-state index in [1.165, 1.54) is 7.11 Å². The molecule has 0 aromatic heterocycles. The van der Waals surface area contributed by atoms with E-state index in [4.69, 9.17) is 9.47 Å². The van der Waals surface area contributed by atoms with E-state index in [0.29, 0.717) is 5.56 Å². The Bertz CT molecular complexity index is 409. The highest BCUT2D eigenvalue weighted by molar-refractivity contribution is 5.23. The maximum atomic E-state index is 10.2. The number of ether oxygens (including phenoxy) is 2. The summed E-state index contributed by atoms with van der Waals surface area (Å²) in [6, 6.07) is 8.60. The summed E-state index contributed by atoms with van der Waals surface area (Å²) in [5.41, 5.74) is 0.495. The molecule has 0 saturated carbocycles. The Balaban J connectivity index is 2.43. The Labute approximate surface area is 110 Å². The molecule has 4 N–H and O–H groups in total. The lowest BCUT2D eigenvalue weighted by Gasteiger charge is -2.47. The Morgan fingerprint density at radius 1 is 1.16 bits per heavy atom. The highest BCUT2D eigenvalue weighted by atomic mass is 16.7. The average molecular weight is 270 g/mol. The fourth-order valence-electron chi connectivity index (χ4n) is 2.34. The molecule has 1 aromatic carbocycles. The molecule has 106 valence electrons. The molecule has 0 bridgehead atoms. The molecule has 1 aliphatic rings. The van der Waals surface area contributed by atoms with Gasteiger partial charge in [0.15, 0.2) is 0 Å². The van der Waals surface area contributed by atoms with Crippen molar-refractivity contribution >= 4 is 0 Å². The number of methoxy groups -OCH3 is 1. The number of aliphatic hydroxyl groups is 4. The zero-order chi connectivity index (χ0) is 14.0. The van der Waals surface area contributed by atoms with Crippen LogP contribution in [-0.4, -0.2) is 58.6 Å². The van der Waals surface area contributed by atoms with Crippen LogP contribution in [0.2, 0.25) is 0 Å². The van der Waals surface area contributed by atoms with Crippen LogP contribution in [0, 0.1) is 0 Å². The number of rotatable bonds is 3. The van der Waals surface area contributed by atoms with E-state index < -0.39 is 36.8 Å². The first-order valence-electron chi connectivity index (χ1n) is 6.00. The third-order valence-electron chi connectivity index (χ3n) is 3.43. The molecule has 19 heavy (non-hydrogen) atoms. The smallest absolute Gasteiger partial charge is 0.224 e. The van der Waals surface area contributed by atoms with Crippen molar-refractivity contribution in [3.05, 3.63) is 35.9 Å². The predicted octanol–water partition coefficient (Wildman–Crippen LogP) is -1.04. The third kappa shape index (κ3) is 2.27. The van der Waals surface area contributed by atoms with Gasteiger partial charge in [-0.2, -0.15) is 0 Å².